The van der Waals surface area contributed by atoms with Gasteiger partial charge < -0.3 is 24.4 Å². The minimum Gasteiger partial charge on any atom is -0.507 e. The maximum absolute atomic E-state index is 13.2. The van der Waals surface area contributed by atoms with Gasteiger partial charge in [-0.15, -0.1) is 0 Å². The summed E-state index contributed by atoms with van der Waals surface area (Å²) in [5, 5.41) is 11.8. The first kappa shape index (κ1) is 25.9. The van der Waals surface area contributed by atoms with E-state index in [1.54, 1.807) is 24.3 Å². The molecular weight excluding hydrogens is 479 g/mol. The van der Waals surface area contributed by atoms with E-state index in [1.807, 2.05) is 25.9 Å². The number of likely N-dealkylation sites (tertiary alicyclic amines) is 1. The number of carbonyl (C=O) groups excluding carboxylic acids is 2. The Morgan fingerprint density at radius 2 is 1.82 bits per heavy atom. The number of carbonyl (C=O) groups is 2. The fourth-order valence-corrected chi connectivity index (χ4v) is 4.59. The second kappa shape index (κ2) is 11.1. The molecule has 0 spiro atoms. The summed E-state index contributed by atoms with van der Waals surface area (Å²) in [6, 6.07) is 9.26. The molecule has 34 heavy (non-hydrogen) atoms. The molecule has 0 bridgehead atoms. The lowest BCUT2D eigenvalue weighted by atomic mass is 9.95. The normalized spacial score (nSPS) is 17.5. The predicted octanol–water partition coefficient (Wildman–Crippen LogP) is 4.77. The maximum Gasteiger partial charge on any atom is 0.295 e. The topological polar surface area (TPSA) is 79.3 Å². The number of nitrogens with zero attached hydrogens (tertiary/aromatic N) is 2. The predicted molar refractivity (Wildman–Crippen MR) is 133 cm³/mol. The fourth-order valence-electron chi connectivity index (χ4n) is 4.02. The molecule has 182 valence electrons. The second-order valence-electron chi connectivity index (χ2n) is 8.12. The van der Waals surface area contributed by atoms with Crippen molar-refractivity contribution in [3.05, 3.63) is 63.1 Å². The number of aliphatic hydroxyl groups excluding tert-OH is 1. The monoisotopic (exact) mass is 506 g/mol. The zero-order valence-corrected chi connectivity index (χ0v) is 21.1. The van der Waals surface area contributed by atoms with Crippen LogP contribution in [0.15, 0.2) is 42.0 Å². The number of hydrogen-bond donors (Lipinski definition) is 1. The number of halogens is 2. The molecule has 2 aromatic rings. The molecule has 0 aromatic heterocycles. The summed E-state index contributed by atoms with van der Waals surface area (Å²) < 4.78 is 10.9. The molecule has 1 unspecified atom stereocenters. The average molecular weight is 507 g/mol. The molecule has 3 rings (SSSR count). The highest BCUT2D eigenvalue weighted by Gasteiger charge is 2.46. The minimum absolute atomic E-state index is 0.0457. The molecule has 0 aliphatic carbocycles. The molecule has 9 heteroatoms. The lowest BCUT2D eigenvalue weighted by Gasteiger charge is -2.26. The number of hydrogen-bond acceptors (Lipinski definition) is 6. The summed E-state index contributed by atoms with van der Waals surface area (Å²) in [6.45, 7) is 3.47. The van der Waals surface area contributed by atoms with Crippen LogP contribution in [0.4, 0.5) is 0 Å². The van der Waals surface area contributed by atoms with Gasteiger partial charge >= 0.3 is 0 Å². The second-order valence-corrected chi connectivity index (χ2v) is 8.96. The smallest absolute Gasteiger partial charge is 0.295 e. The third-order valence-electron chi connectivity index (χ3n) is 5.52. The van der Waals surface area contributed by atoms with Crippen molar-refractivity contribution in [2.75, 3.05) is 40.9 Å². The molecular formula is C25H28Cl2N2O5. The van der Waals surface area contributed by atoms with Gasteiger partial charge in [0, 0.05) is 11.6 Å². The molecule has 1 amide bonds. The third kappa shape index (κ3) is 5.32. The summed E-state index contributed by atoms with van der Waals surface area (Å²) in [5.74, 6) is -1.02. The van der Waals surface area contributed by atoms with Gasteiger partial charge in [-0.2, -0.15) is 0 Å². The van der Waals surface area contributed by atoms with Crippen molar-refractivity contribution in [3.63, 3.8) is 0 Å². The van der Waals surface area contributed by atoms with Crippen LogP contribution >= 0.6 is 23.2 Å². The van der Waals surface area contributed by atoms with Crippen LogP contribution in [0.2, 0.25) is 10.0 Å². The van der Waals surface area contributed by atoms with E-state index in [9.17, 15) is 14.7 Å². The van der Waals surface area contributed by atoms with E-state index in [-0.39, 0.29) is 26.9 Å². The van der Waals surface area contributed by atoms with E-state index >= 15 is 0 Å². The van der Waals surface area contributed by atoms with Crippen molar-refractivity contribution in [1.82, 2.24) is 9.80 Å². The highest BCUT2D eigenvalue weighted by Crippen LogP contribution is 2.43. The minimum atomic E-state index is -0.791. The standard InChI is InChI=1S/C25H28Cl2N2O5/c1-5-34-17-9-7-15(8-10-17)21-20(23(31)25(32)29(21)12-6-11-28(2)3)22(30)18-13-16(26)14-19(27)24(18)33-4/h7-10,13-14,21,30H,5-6,11-12H2,1-4H3/b22-20+. The average Bonchev–Trinajstić information content (AvgIpc) is 3.03. The van der Waals surface area contributed by atoms with E-state index < -0.39 is 23.5 Å². The Morgan fingerprint density at radius 3 is 2.41 bits per heavy atom. The van der Waals surface area contributed by atoms with Gasteiger partial charge in [-0.25, -0.2) is 0 Å². The molecule has 0 radical (unpaired) electrons. The zero-order valence-electron chi connectivity index (χ0n) is 19.6. The van der Waals surface area contributed by atoms with Gasteiger partial charge in [0.1, 0.15) is 17.3 Å². The highest BCUT2D eigenvalue weighted by atomic mass is 35.5. The molecule has 1 aliphatic heterocycles. The molecule has 1 saturated heterocycles. The summed E-state index contributed by atoms with van der Waals surface area (Å²) >= 11 is 12.4. The summed E-state index contributed by atoms with van der Waals surface area (Å²) in [4.78, 5) is 29.8. The van der Waals surface area contributed by atoms with Gasteiger partial charge in [0.15, 0.2) is 0 Å². The third-order valence-corrected chi connectivity index (χ3v) is 6.02. The van der Waals surface area contributed by atoms with Crippen LogP contribution in [0.5, 0.6) is 11.5 Å². The molecule has 1 N–H and O–H groups in total. The van der Waals surface area contributed by atoms with Crippen molar-refractivity contribution in [2.24, 2.45) is 0 Å². The van der Waals surface area contributed by atoms with Crippen LogP contribution in [0.25, 0.3) is 5.76 Å². The van der Waals surface area contributed by atoms with E-state index in [2.05, 4.69) is 0 Å². The van der Waals surface area contributed by atoms with E-state index in [4.69, 9.17) is 32.7 Å². The van der Waals surface area contributed by atoms with Crippen LogP contribution < -0.4 is 9.47 Å². The Kier molecular flexibility index (Phi) is 8.47. The van der Waals surface area contributed by atoms with Crippen molar-refractivity contribution in [2.45, 2.75) is 19.4 Å². The number of methoxy groups -OCH3 is 1. The fraction of sp³-hybridized carbons (Fsp3) is 0.360. The number of rotatable bonds is 9. The van der Waals surface area contributed by atoms with Crippen molar-refractivity contribution < 1.29 is 24.2 Å². The molecule has 1 aliphatic rings. The summed E-state index contributed by atoms with van der Waals surface area (Å²) in [5.41, 5.74) is 0.763. The van der Waals surface area contributed by atoms with Crippen LogP contribution in [-0.2, 0) is 9.59 Å². The molecule has 1 fully saturated rings. The first-order valence-corrected chi connectivity index (χ1v) is 11.6. The lowest BCUT2D eigenvalue weighted by molar-refractivity contribution is -0.139. The Bertz CT molecular complexity index is 1100. The van der Waals surface area contributed by atoms with Gasteiger partial charge in [-0.1, -0.05) is 35.3 Å². The number of Topliss-reactive ketones (excluding diaryl/α,β-unsaturated/α-hetero) is 1. The Morgan fingerprint density at radius 1 is 1.15 bits per heavy atom. The molecule has 2 aromatic carbocycles. The highest BCUT2D eigenvalue weighted by molar-refractivity contribution is 6.46. The van der Waals surface area contributed by atoms with Gasteiger partial charge in [0.25, 0.3) is 11.7 Å². The van der Waals surface area contributed by atoms with Crippen molar-refractivity contribution in [1.29, 1.82) is 0 Å². The summed E-state index contributed by atoms with van der Waals surface area (Å²) in [7, 11) is 5.27. The number of ether oxygens (including phenoxy) is 2. The molecule has 1 atom stereocenters. The van der Waals surface area contributed by atoms with E-state index in [0.29, 0.717) is 30.9 Å². The lowest BCUT2D eigenvalue weighted by Crippen LogP contribution is -2.32. The van der Waals surface area contributed by atoms with Crippen LogP contribution in [-0.4, -0.2) is 67.5 Å². The molecule has 0 saturated carbocycles. The van der Waals surface area contributed by atoms with Crippen molar-refractivity contribution in [3.8, 4) is 11.5 Å². The molecule has 1 heterocycles. The van der Waals surface area contributed by atoms with Crippen LogP contribution in [0, 0.1) is 0 Å². The van der Waals surface area contributed by atoms with Crippen LogP contribution in [0.3, 0.4) is 0 Å². The Balaban J connectivity index is 2.16. The number of benzene rings is 2. The van der Waals surface area contributed by atoms with Gasteiger partial charge in [0.05, 0.1) is 35.9 Å². The number of ketones is 1. The first-order chi connectivity index (χ1) is 16.2. The van der Waals surface area contributed by atoms with Gasteiger partial charge in [-0.05, 0) is 63.8 Å². The SMILES string of the molecule is CCOc1ccc(C2/C(=C(\O)c3cc(Cl)cc(Cl)c3OC)C(=O)C(=O)N2CCCN(C)C)cc1. The van der Waals surface area contributed by atoms with Crippen molar-refractivity contribution >= 4 is 40.7 Å². The van der Waals surface area contributed by atoms with E-state index in [1.165, 1.54) is 24.1 Å². The van der Waals surface area contributed by atoms with Crippen LogP contribution in [0.1, 0.15) is 30.5 Å². The summed E-state index contributed by atoms with van der Waals surface area (Å²) in [6.07, 6.45) is 0.653. The van der Waals surface area contributed by atoms with Gasteiger partial charge in [-0.3, -0.25) is 9.59 Å². The first-order valence-electron chi connectivity index (χ1n) is 10.9. The quantitative estimate of drug-likeness (QED) is 0.299. The Hall–Kier alpha value is -2.74. The Labute approximate surface area is 209 Å². The van der Waals surface area contributed by atoms with E-state index in [0.717, 1.165) is 6.54 Å². The maximum atomic E-state index is 13.2. The number of aliphatic hydroxyl groups is 1. The molecule has 7 nitrogen and oxygen atoms in total. The zero-order chi connectivity index (χ0) is 25.0. The largest absolute Gasteiger partial charge is 0.507 e. The number of amides is 1. The van der Waals surface area contributed by atoms with Gasteiger partial charge in [0.2, 0.25) is 0 Å².